The molecule has 0 bridgehead atoms. The number of imide groups is 1. The minimum atomic E-state index is -1.03. The van der Waals surface area contributed by atoms with Gasteiger partial charge >= 0.3 is 12.0 Å². The van der Waals surface area contributed by atoms with Gasteiger partial charge in [0.15, 0.2) is 6.10 Å². The van der Waals surface area contributed by atoms with Crippen LogP contribution in [-0.4, -0.2) is 30.6 Å². The number of carbonyl (C=O) groups excluding carboxylic acids is 3. The standard InChI is InChI=1S/C12H16N2O4S/c1-4-13-12(17)14-10(15)8(3)18-11(16)9-7(2)5-6-19-9/h5-6,8H,4H2,1-3H3,(H2,13,14,15,17)/t8-/m1/s1. The van der Waals surface area contributed by atoms with Crippen LogP contribution in [-0.2, 0) is 9.53 Å². The topological polar surface area (TPSA) is 84.5 Å². The molecule has 2 N–H and O–H groups in total. The Morgan fingerprint density at radius 3 is 2.63 bits per heavy atom. The van der Waals surface area contributed by atoms with Gasteiger partial charge in [0.2, 0.25) is 0 Å². The molecule has 0 aliphatic rings. The molecule has 0 saturated heterocycles. The van der Waals surface area contributed by atoms with Gasteiger partial charge in [0, 0.05) is 6.54 Å². The maximum absolute atomic E-state index is 11.8. The van der Waals surface area contributed by atoms with Crippen LogP contribution in [0, 0.1) is 6.92 Å². The third kappa shape index (κ3) is 4.36. The van der Waals surface area contributed by atoms with Crippen molar-refractivity contribution in [2.45, 2.75) is 26.9 Å². The van der Waals surface area contributed by atoms with Crippen molar-refractivity contribution < 1.29 is 19.1 Å². The number of nitrogens with one attached hydrogen (secondary N) is 2. The Morgan fingerprint density at radius 2 is 2.11 bits per heavy atom. The van der Waals surface area contributed by atoms with Gasteiger partial charge in [-0.1, -0.05) is 0 Å². The second kappa shape index (κ2) is 6.89. The van der Waals surface area contributed by atoms with E-state index in [0.717, 1.165) is 5.56 Å². The first-order valence-corrected chi connectivity index (χ1v) is 6.67. The van der Waals surface area contributed by atoms with E-state index in [1.165, 1.54) is 18.3 Å². The maximum atomic E-state index is 11.8. The van der Waals surface area contributed by atoms with Gasteiger partial charge in [0.25, 0.3) is 5.91 Å². The van der Waals surface area contributed by atoms with E-state index in [1.54, 1.807) is 25.3 Å². The third-order valence-corrected chi connectivity index (χ3v) is 3.27. The van der Waals surface area contributed by atoms with Gasteiger partial charge in [0.1, 0.15) is 4.88 Å². The normalized spacial score (nSPS) is 11.5. The van der Waals surface area contributed by atoms with Crippen molar-refractivity contribution in [1.82, 2.24) is 10.6 Å². The summed E-state index contributed by atoms with van der Waals surface area (Å²) in [6, 6.07) is 1.18. The second-order valence-corrected chi connectivity index (χ2v) is 4.75. The van der Waals surface area contributed by atoms with Crippen molar-refractivity contribution >= 4 is 29.2 Å². The number of ether oxygens (including phenoxy) is 1. The SMILES string of the molecule is CCNC(=O)NC(=O)[C@@H](C)OC(=O)c1sccc1C. The predicted molar refractivity (Wildman–Crippen MR) is 71.1 cm³/mol. The number of hydrogen-bond acceptors (Lipinski definition) is 5. The van der Waals surface area contributed by atoms with Gasteiger partial charge < -0.3 is 10.1 Å². The summed E-state index contributed by atoms with van der Waals surface area (Å²) in [6.07, 6.45) is -1.03. The second-order valence-electron chi connectivity index (χ2n) is 3.83. The van der Waals surface area contributed by atoms with Gasteiger partial charge in [-0.2, -0.15) is 0 Å². The molecule has 0 aliphatic heterocycles. The molecule has 1 aromatic heterocycles. The lowest BCUT2D eigenvalue weighted by atomic mass is 10.3. The highest BCUT2D eigenvalue weighted by atomic mass is 32.1. The van der Waals surface area contributed by atoms with Crippen molar-refractivity contribution in [3.8, 4) is 0 Å². The van der Waals surface area contributed by atoms with Crippen LogP contribution < -0.4 is 10.6 Å². The number of amides is 3. The molecule has 0 aliphatic carbocycles. The molecule has 1 atom stereocenters. The van der Waals surface area contributed by atoms with E-state index in [2.05, 4.69) is 10.6 Å². The summed E-state index contributed by atoms with van der Waals surface area (Å²) < 4.78 is 5.00. The number of aryl methyl sites for hydroxylation is 1. The maximum Gasteiger partial charge on any atom is 0.349 e. The molecular weight excluding hydrogens is 268 g/mol. The predicted octanol–water partition coefficient (Wildman–Crippen LogP) is 1.45. The van der Waals surface area contributed by atoms with Gasteiger partial charge in [0.05, 0.1) is 0 Å². The summed E-state index contributed by atoms with van der Waals surface area (Å²) in [6.45, 7) is 5.33. The lowest BCUT2D eigenvalue weighted by molar-refractivity contribution is -0.127. The fraction of sp³-hybridized carbons (Fsp3) is 0.417. The summed E-state index contributed by atoms with van der Waals surface area (Å²) in [5.74, 6) is -1.22. The highest BCUT2D eigenvalue weighted by Gasteiger charge is 2.21. The zero-order valence-electron chi connectivity index (χ0n) is 11.0. The van der Waals surface area contributed by atoms with Gasteiger partial charge in [-0.15, -0.1) is 11.3 Å². The largest absolute Gasteiger partial charge is 0.448 e. The smallest absolute Gasteiger partial charge is 0.349 e. The van der Waals surface area contributed by atoms with Crippen LogP contribution in [0.5, 0.6) is 0 Å². The van der Waals surface area contributed by atoms with Crippen molar-refractivity contribution in [2.24, 2.45) is 0 Å². The minimum Gasteiger partial charge on any atom is -0.448 e. The number of carbonyl (C=O) groups is 3. The Hall–Kier alpha value is -1.89. The van der Waals surface area contributed by atoms with Crippen molar-refractivity contribution in [1.29, 1.82) is 0 Å². The van der Waals surface area contributed by atoms with Crippen LogP contribution in [0.3, 0.4) is 0 Å². The number of urea groups is 1. The number of rotatable bonds is 4. The van der Waals surface area contributed by atoms with Crippen molar-refractivity contribution in [3.63, 3.8) is 0 Å². The van der Waals surface area contributed by atoms with Crippen LogP contribution in [0.2, 0.25) is 0 Å². The highest BCUT2D eigenvalue weighted by Crippen LogP contribution is 2.17. The Morgan fingerprint density at radius 1 is 1.42 bits per heavy atom. The fourth-order valence-corrected chi connectivity index (χ4v) is 2.07. The first kappa shape index (κ1) is 15.2. The Kier molecular flexibility index (Phi) is 5.50. The molecule has 1 aromatic rings. The van der Waals surface area contributed by atoms with E-state index < -0.39 is 24.0 Å². The van der Waals surface area contributed by atoms with E-state index in [4.69, 9.17) is 4.74 Å². The summed E-state index contributed by atoms with van der Waals surface area (Å²) in [4.78, 5) is 34.9. The van der Waals surface area contributed by atoms with Crippen LogP contribution in [0.25, 0.3) is 0 Å². The molecule has 0 fully saturated rings. The Bertz CT molecular complexity index is 484. The van der Waals surface area contributed by atoms with E-state index in [0.29, 0.717) is 11.4 Å². The Labute approximate surface area is 115 Å². The summed E-state index contributed by atoms with van der Waals surface area (Å²) in [7, 11) is 0. The zero-order chi connectivity index (χ0) is 14.4. The molecule has 0 saturated carbocycles. The van der Waals surface area contributed by atoms with Gasteiger partial charge in [-0.3, -0.25) is 10.1 Å². The van der Waals surface area contributed by atoms with Crippen molar-refractivity contribution in [2.75, 3.05) is 6.54 Å². The van der Waals surface area contributed by atoms with E-state index in [9.17, 15) is 14.4 Å². The summed E-state index contributed by atoms with van der Waals surface area (Å²) in [5, 5.41) is 6.26. The zero-order valence-corrected chi connectivity index (χ0v) is 11.8. The summed E-state index contributed by atoms with van der Waals surface area (Å²) in [5.41, 5.74) is 0.798. The molecule has 3 amide bonds. The minimum absolute atomic E-state index is 0.404. The molecular formula is C12H16N2O4S. The lowest BCUT2D eigenvalue weighted by Gasteiger charge is -2.12. The van der Waals surface area contributed by atoms with Crippen LogP contribution >= 0.6 is 11.3 Å². The van der Waals surface area contributed by atoms with Crippen LogP contribution in [0.15, 0.2) is 11.4 Å². The molecule has 0 aromatic carbocycles. The van der Waals surface area contributed by atoms with Gasteiger partial charge in [-0.05, 0) is 37.8 Å². The third-order valence-electron chi connectivity index (χ3n) is 2.27. The number of hydrogen-bond donors (Lipinski definition) is 2. The van der Waals surface area contributed by atoms with Gasteiger partial charge in [-0.25, -0.2) is 9.59 Å². The molecule has 0 unspecified atom stereocenters. The average Bonchev–Trinajstić information content (AvgIpc) is 2.75. The van der Waals surface area contributed by atoms with E-state index >= 15 is 0 Å². The molecule has 7 heteroatoms. The number of esters is 1. The van der Waals surface area contributed by atoms with E-state index in [1.807, 2.05) is 0 Å². The molecule has 6 nitrogen and oxygen atoms in total. The van der Waals surface area contributed by atoms with Crippen LogP contribution in [0.1, 0.15) is 29.1 Å². The molecule has 104 valence electrons. The van der Waals surface area contributed by atoms with E-state index in [-0.39, 0.29) is 0 Å². The number of thiophene rings is 1. The quantitative estimate of drug-likeness (QED) is 0.820. The van der Waals surface area contributed by atoms with Crippen LogP contribution in [0.4, 0.5) is 4.79 Å². The molecule has 1 rings (SSSR count). The van der Waals surface area contributed by atoms with Crippen molar-refractivity contribution in [3.05, 3.63) is 21.9 Å². The highest BCUT2D eigenvalue weighted by molar-refractivity contribution is 7.12. The molecule has 0 spiro atoms. The fourth-order valence-electron chi connectivity index (χ4n) is 1.27. The molecule has 1 heterocycles. The molecule has 0 radical (unpaired) electrons. The first-order chi connectivity index (χ1) is 8.95. The first-order valence-electron chi connectivity index (χ1n) is 5.79. The molecule has 19 heavy (non-hydrogen) atoms. The monoisotopic (exact) mass is 284 g/mol. The Balaban J connectivity index is 2.53. The lowest BCUT2D eigenvalue weighted by Crippen LogP contribution is -2.44. The average molecular weight is 284 g/mol. The summed E-state index contributed by atoms with van der Waals surface area (Å²) >= 11 is 1.25.